The van der Waals surface area contributed by atoms with Crippen molar-refractivity contribution in [2.24, 2.45) is 11.8 Å². The number of halogens is 1. The second-order valence-corrected chi connectivity index (χ2v) is 6.02. The summed E-state index contributed by atoms with van der Waals surface area (Å²) in [5, 5.41) is 9.43. The molecule has 1 N–H and O–H groups in total. The van der Waals surface area contributed by atoms with Gasteiger partial charge in [0.15, 0.2) is 0 Å². The fourth-order valence-corrected chi connectivity index (χ4v) is 3.49. The van der Waals surface area contributed by atoms with Gasteiger partial charge >= 0.3 is 5.97 Å². The zero-order valence-electron chi connectivity index (χ0n) is 11.1. The molecule has 0 bridgehead atoms. The Hall–Kier alpha value is -1.03. The van der Waals surface area contributed by atoms with Crippen LogP contribution in [0.15, 0.2) is 22.7 Å². The first kappa shape index (κ1) is 14.4. The zero-order valence-corrected chi connectivity index (χ0v) is 12.6. The highest BCUT2D eigenvalue weighted by molar-refractivity contribution is 9.10. The summed E-state index contributed by atoms with van der Waals surface area (Å²) >= 11 is 3.45. The number of carboxylic acid groups (broad SMARTS) is 1. The molecule has 0 heterocycles. The summed E-state index contributed by atoms with van der Waals surface area (Å²) in [5.74, 6) is 0.177. The van der Waals surface area contributed by atoms with Crippen LogP contribution in [-0.2, 0) is 11.2 Å². The molecule has 19 heavy (non-hydrogen) atoms. The van der Waals surface area contributed by atoms with Gasteiger partial charge in [-0.15, -0.1) is 0 Å². The van der Waals surface area contributed by atoms with Crippen molar-refractivity contribution in [3.63, 3.8) is 0 Å². The monoisotopic (exact) mass is 326 g/mol. The number of ether oxygens (including phenoxy) is 1. The molecule has 0 aliphatic heterocycles. The van der Waals surface area contributed by atoms with E-state index in [1.54, 1.807) is 7.11 Å². The summed E-state index contributed by atoms with van der Waals surface area (Å²) in [5.41, 5.74) is 1.05. The molecule has 0 spiro atoms. The topological polar surface area (TPSA) is 46.5 Å². The number of methoxy groups -OCH3 is 1. The van der Waals surface area contributed by atoms with Gasteiger partial charge in [-0.05, 0) is 58.8 Å². The highest BCUT2D eigenvalue weighted by Gasteiger charge is 2.30. The summed E-state index contributed by atoms with van der Waals surface area (Å²) in [6.45, 7) is 0. The minimum absolute atomic E-state index is 0.261. The zero-order chi connectivity index (χ0) is 13.8. The van der Waals surface area contributed by atoms with Crippen molar-refractivity contribution in [2.75, 3.05) is 7.11 Å². The standard InChI is InChI=1S/C15H19BrO3/c1-19-14-7-6-10(9-13(14)16)8-12(15(17)18)11-4-2-3-5-11/h6-7,9,11-12H,2-5,8H2,1H3,(H,17,18). The van der Waals surface area contributed by atoms with Crippen LogP contribution in [0.4, 0.5) is 0 Å². The van der Waals surface area contributed by atoms with Crippen LogP contribution in [0.25, 0.3) is 0 Å². The average molecular weight is 327 g/mol. The normalized spacial score (nSPS) is 17.4. The molecule has 4 heteroatoms. The van der Waals surface area contributed by atoms with E-state index >= 15 is 0 Å². The number of rotatable bonds is 5. The van der Waals surface area contributed by atoms with E-state index < -0.39 is 5.97 Å². The summed E-state index contributed by atoms with van der Waals surface area (Å²) < 4.78 is 6.07. The second kappa shape index (κ2) is 6.42. The lowest BCUT2D eigenvalue weighted by Gasteiger charge is -2.19. The summed E-state index contributed by atoms with van der Waals surface area (Å²) in [4.78, 5) is 11.5. The molecular formula is C15H19BrO3. The summed E-state index contributed by atoms with van der Waals surface area (Å²) in [6, 6.07) is 5.80. The molecule has 0 radical (unpaired) electrons. The van der Waals surface area contributed by atoms with Crippen LogP contribution in [0.2, 0.25) is 0 Å². The van der Waals surface area contributed by atoms with E-state index in [4.69, 9.17) is 4.74 Å². The van der Waals surface area contributed by atoms with Crippen molar-refractivity contribution in [1.29, 1.82) is 0 Å². The molecule has 0 aromatic heterocycles. The molecule has 1 unspecified atom stereocenters. The van der Waals surface area contributed by atoms with Gasteiger partial charge in [0.1, 0.15) is 5.75 Å². The number of benzene rings is 1. The Morgan fingerprint density at radius 1 is 1.47 bits per heavy atom. The maximum atomic E-state index is 11.5. The van der Waals surface area contributed by atoms with Crippen LogP contribution in [-0.4, -0.2) is 18.2 Å². The van der Waals surface area contributed by atoms with E-state index in [1.807, 2.05) is 18.2 Å². The van der Waals surface area contributed by atoms with Gasteiger partial charge in [-0.25, -0.2) is 0 Å². The van der Waals surface area contributed by atoms with Crippen molar-refractivity contribution in [3.05, 3.63) is 28.2 Å². The molecule has 104 valence electrons. The van der Waals surface area contributed by atoms with Crippen molar-refractivity contribution < 1.29 is 14.6 Å². The number of hydrogen-bond donors (Lipinski definition) is 1. The highest BCUT2D eigenvalue weighted by atomic mass is 79.9. The molecule has 0 saturated heterocycles. The average Bonchev–Trinajstić information content (AvgIpc) is 2.89. The molecule has 1 saturated carbocycles. The lowest BCUT2D eigenvalue weighted by Crippen LogP contribution is -2.24. The first-order chi connectivity index (χ1) is 9.11. The summed E-state index contributed by atoms with van der Waals surface area (Å²) in [7, 11) is 1.62. The van der Waals surface area contributed by atoms with Crippen LogP contribution >= 0.6 is 15.9 Å². The van der Waals surface area contributed by atoms with Crippen LogP contribution in [0.1, 0.15) is 31.2 Å². The van der Waals surface area contributed by atoms with E-state index in [-0.39, 0.29) is 5.92 Å². The Morgan fingerprint density at radius 3 is 2.68 bits per heavy atom. The van der Waals surface area contributed by atoms with Gasteiger partial charge in [0.05, 0.1) is 17.5 Å². The number of carbonyl (C=O) groups is 1. The third kappa shape index (κ3) is 3.50. The van der Waals surface area contributed by atoms with Crippen LogP contribution < -0.4 is 4.74 Å². The Bertz CT molecular complexity index is 453. The van der Waals surface area contributed by atoms with Crippen molar-refractivity contribution in [2.45, 2.75) is 32.1 Å². The van der Waals surface area contributed by atoms with Gasteiger partial charge in [0.25, 0.3) is 0 Å². The SMILES string of the molecule is COc1ccc(CC(C(=O)O)C2CCCC2)cc1Br. The van der Waals surface area contributed by atoms with E-state index in [2.05, 4.69) is 15.9 Å². The molecule has 2 rings (SSSR count). The fourth-order valence-electron chi connectivity index (χ4n) is 2.91. The minimum atomic E-state index is -0.668. The van der Waals surface area contributed by atoms with Crippen molar-refractivity contribution in [3.8, 4) is 5.75 Å². The van der Waals surface area contributed by atoms with Crippen LogP contribution in [0.5, 0.6) is 5.75 Å². The molecule has 1 aliphatic rings. The van der Waals surface area contributed by atoms with Gasteiger partial charge in [-0.1, -0.05) is 18.9 Å². The van der Waals surface area contributed by atoms with Gasteiger partial charge in [-0.2, -0.15) is 0 Å². The minimum Gasteiger partial charge on any atom is -0.496 e. The van der Waals surface area contributed by atoms with Crippen molar-refractivity contribution in [1.82, 2.24) is 0 Å². The molecule has 1 atom stereocenters. The highest BCUT2D eigenvalue weighted by Crippen LogP contribution is 2.34. The largest absolute Gasteiger partial charge is 0.496 e. The number of carboxylic acids is 1. The molecule has 0 amide bonds. The first-order valence-electron chi connectivity index (χ1n) is 6.67. The third-order valence-corrected chi connectivity index (χ3v) is 4.58. The van der Waals surface area contributed by atoms with Gasteiger partial charge < -0.3 is 9.84 Å². The van der Waals surface area contributed by atoms with Crippen LogP contribution in [0, 0.1) is 11.8 Å². The van der Waals surface area contributed by atoms with E-state index in [0.29, 0.717) is 12.3 Å². The Kier molecular flexibility index (Phi) is 4.86. The van der Waals surface area contributed by atoms with Gasteiger partial charge in [-0.3, -0.25) is 4.79 Å². The smallest absolute Gasteiger partial charge is 0.307 e. The Morgan fingerprint density at radius 2 is 2.16 bits per heavy atom. The third-order valence-electron chi connectivity index (χ3n) is 3.96. The Labute approximate surface area is 122 Å². The first-order valence-corrected chi connectivity index (χ1v) is 7.46. The van der Waals surface area contributed by atoms with E-state index in [0.717, 1.165) is 28.6 Å². The van der Waals surface area contributed by atoms with Crippen LogP contribution in [0.3, 0.4) is 0 Å². The summed E-state index contributed by atoms with van der Waals surface area (Å²) in [6.07, 6.45) is 5.03. The lowest BCUT2D eigenvalue weighted by molar-refractivity contribution is -0.143. The number of aliphatic carboxylic acids is 1. The van der Waals surface area contributed by atoms with Gasteiger partial charge in [0.2, 0.25) is 0 Å². The molecular weight excluding hydrogens is 308 g/mol. The van der Waals surface area contributed by atoms with E-state index in [1.165, 1.54) is 12.8 Å². The maximum Gasteiger partial charge on any atom is 0.307 e. The van der Waals surface area contributed by atoms with Crippen molar-refractivity contribution >= 4 is 21.9 Å². The maximum absolute atomic E-state index is 11.5. The second-order valence-electron chi connectivity index (χ2n) is 5.16. The Balaban J connectivity index is 2.12. The molecule has 1 fully saturated rings. The fraction of sp³-hybridized carbons (Fsp3) is 0.533. The number of hydrogen-bond acceptors (Lipinski definition) is 2. The molecule has 3 nitrogen and oxygen atoms in total. The molecule has 1 aliphatic carbocycles. The predicted octanol–water partition coefficient (Wildman–Crippen LogP) is 3.89. The van der Waals surface area contributed by atoms with E-state index in [9.17, 15) is 9.90 Å². The lowest BCUT2D eigenvalue weighted by atomic mass is 9.86. The molecule has 1 aromatic rings. The quantitative estimate of drug-likeness (QED) is 0.892. The van der Waals surface area contributed by atoms with Gasteiger partial charge in [0, 0.05) is 0 Å². The molecule has 1 aromatic carbocycles. The predicted molar refractivity (Wildman–Crippen MR) is 77.5 cm³/mol.